The highest BCUT2D eigenvalue weighted by atomic mass is 32.1. The molecule has 1 heterocycles. The lowest BCUT2D eigenvalue weighted by Gasteiger charge is -2.07. The van der Waals surface area contributed by atoms with Gasteiger partial charge in [-0.1, -0.05) is 19.1 Å². The molecule has 0 bridgehead atoms. The number of alkyl halides is 3. The predicted molar refractivity (Wildman–Crippen MR) is 61.9 cm³/mol. The molecular weight excluding hydrogens is 247 g/mol. The molecule has 0 unspecified atom stereocenters. The van der Waals surface area contributed by atoms with Gasteiger partial charge >= 0.3 is 6.18 Å². The van der Waals surface area contributed by atoms with E-state index in [0.29, 0.717) is 10.6 Å². The van der Waals surface area contributed by atoms with Gasteiger partial charge < -0.3 is 0 Å². The summed E-state index contributed by atoms with van der Waals surface area (Å²) in [5.41, 5.74) is 0.787. The van der Waals surface area contributed by atoms with E-state index < -0.39 is 11.7 Å². The SMILES string of the molecule is CCc1csc(-c2cccc(C(F)(F)F)c2)n1. The zero-order valence-electron chi connectivity index (χ0n) is 9.08. The van der Waals surface area contributed by atoms with Gasteiger partial charge in [0, 0.05) is 10.9 Å². The van der Waals surface area contributed by atoms with Crippen molar-refractivity contribution >= 4 is 11.3 Å². The van der Waals surface area contributed by atoms with Crippen LogP contribution in [-0.4, -0.2) is 4.98 Å². The minimum absolute atomic E-state index is 0.518. The van der Waals surface area contributed by atoms with Crippen LogP contribution in [0.2, 0.25) is 0 Å². The van der Waals surface area contributed by atoms with Crippen molar-refractivity contribution in [3.05, 3.63) is 40.9 Å². The molecule has 1 nitrogen and oxygen atoms in total. The molecule has 2 aromatic rings. The lowest BCUT2D eigenvalue weighted by Crippen LogP contribution is -2.04. The molecule has 0 aliphatic carbocycles. The lowest BCUT2D eigenvalue weighted by atomic mass is 10.1. The van der Waals surface area contributed by atoms with Gasteiger partial charge in [0.2, 0.25) is 0 Å². The minimum atomic E-state index is -4.30. The fourth-order valence-corrected chi connectivity index (χ4v) is 2.33. The smallest absolute Gasteiger partial charge is 0.241 e. The lowest BCUT2D eigenvalue weighted by molar-refractivity contribution is -0.137. The van der Waals surface area contributed by atoms with E-state index in [0.717, 1.165) is 24.2 Å². The van der Waals surface area contributed by atoms with E-state index in [1.165, 1.54) is 17.4 Å². The third-order valence-electron chi connectivity index (χ3n) is 2.35. The molecule has 0 aliphatic rings. The molecule has 2 rings (SSSR count). The molecule has 17 heavy (non-hydrogen) atoms. The highest BCUT2D eigenvalue weighted by Crippen LogP contribution is 2.32. The van der Waals surface area contributed by atoms with Crippen molar-refractivity contribution in [3.63, 3.8) is 0 Å². The van der Waals surface area contributed by atoms with E-state index in [-0.39, 0.29) is 0 Å². The van der Waals surface area contributed by atoms with E-state index in [1.807, 2.05) is 12.3 Å². The monoisotopic (exact) mass is 257 g/mol. The zero-order chi connectivity index (χ0) is 12.5. The Kier molecular flexibility index (Phi) is 3.19. The van der Waals surface area contributed by atoms with Crippen molar-refractivity contribution in [3.8, 4) is 10.6 Å². The van der Waals surface area contributed by atoms with Crippen LogP contribution >= 0.6 is 11.3 Å². The molecule has 0 saturated carbocycles. The average Bonchev–Trinajstić information content (AvgIpc) is 2.76. The summed E-state index contributed by atoms with van der Waals surface area (Å²) in [4.78, 5) is 4.27. The highest BCUT2D eigenvalue weighted by Gasteiger charge is 2.30. The number of aromatic nitrogens is 1. The standard InChI is InChI=1S/C12H10F3NS/c1-2-10-7-17-11(16-10)8-4-3-5-9(6-8)12(13,14)15/h3-7H,2H2,1H3. The van der Waals surface area contributed by atoms with Crippen molar-refractivity contribution in [2.45, 2.75) is 19.5 Å². The first kappa shape index (κ1) is 12.1. The second-order valence-corrected chi connectivity index (χ2v) is 4.43. The predicted octanol–water partition coefficient (Wildman–Crippen LogP) is 4.39. The van der Waals surface area contributed by atoms with E-state index in [4.69, 9.17) is 0 Å². The van der Waals surface area contributed by atoms with E-state index in [2.05, 4.69) is 4.98 Å². The van der Waals surface area contributed by atoms with Crippen LogP contribution in [0.15, 0.2) is 29.6 Å². The van der Waals surface area contributed by atoms with Gasteiger partial charge in [-0.05, 0) is 18.6 Å². The molecule has 1 aromatic carbocycles. The average molecular weight is 257 g/mol. The molecule has 0 radical (unpaired) electrons. The van der Waals surface area contributed by atoms with Crippen LogP contribution in [0.5, 0.6) is 0 Å². The summed E-state index contributed by atoms with van der Waals surface area (Å²) in [5, 5.41) is 2.50. The first-order valence-electron chi connectivity index (χ1n) is 5.12. The van der Waals surface area contributed by atoms with Crippen LogP contribution in [-0.2, 0) is 12.6 Å². The van der Waals surface area contributed by atoms with Crippen LogP contribution in [0.25, 0.3) is 10.6 Å². The Hall–Kier alpha value is -1.36. The fraction of sp³-hybridized carbons (Fsp3) is 0.250. The highest BCUT2D eigenvalue weighted by molar-refractivity contribution is 7.13. The Morgan fingerprint density at radius 2 is 2.06 bits per heavy atom. The van der Waals surface area contributed by atoms with Crippen molar-refractivity contribution in [2.24, 2.45) is 0 Å². The molecule has 0 amide bonds. The number of aryl methyl sites for hydroxylation is 1. The summed E-state index contributed by atoms with van der Waals surface area (Å²) < 4.78 is 37.6. The number of hydrogen-bond donors (Lipinski definition) is 0. The molecular formula is C12H10F3NS. The third kappa shape index (κ3) is 2.66. The number of benzene rings is 1. The van der Waals surface area contributed by atoms with Crippen molar-refractivity contribution in [1.82, 2.24) is 4.98 Å². The van der Waals surface area contributed by atoms with Gasteiger partial charge in [0.05, 0.1) is 11.3 Å². The van der Waals surface area contributed by atoms with Gasteiger partial charge in [-0.15, -0.1) is 11.3 Å². The number of rotatable bonds is 2. The van der Waals surface area contributed by atoms with Gasteiger partial charge in [-0.3, -0.25) is 0 Å². The molecule has 0 atom stereocenters. The zero-order valence-corrected chi connectivity index (χ0v) is 9.90. The maximum absolute atomic E-state index is 12.5. The normalized spacial score (nSPS) is 11.8. The summed E-state index contributed by atoms with van der Waals surface area (Å²) in [6.07, 6.45) is -3.52. The van der Waals surface area contributed by atoms with E-state index in [1.54, 1.807) is 6.07 Å². The maximum Gasteiger partial charge on any atom is 0.416 e. The largest absolute Gasteiger partial charge is 0.416 e. The molecule has 0 aliphatic heterocycles. The summed E-state index contributed by atoms with van der Waals surface area (Å²) in [7, 11) is 0. The van der Waals surface area contributed by atoms with Gasteiger partial charge in [-0.25, -0.2) is 4.98 Å². The number of halogens is 3. The minimum Gasteiger partial charge on any atom is -0.241 e. The summed E-state index contributed by atoms with van der Waals surface area (Å²) in [6.45, 7) is 1.96. The topological polar surface area (TPSA) is 12.9 Å². The number of hydrogen-bond acceptors (Lipinski definition) is 2. The second-order valence-electron chi connectivity index (χ2n) is 3.58. The summed E-state index contributed by atoms with van der Waals surface area (Å²) >= 11 is 1.37. The van der Waals surface area contributed by atoms with Gasteiger partial charge in [0.25, 0.3) is 0 Å². The first-order chi connectivity index (χ1) is 8.00. The van der Waals surface area contributed by atoms with Crippen molar-refractivity contribution in [1.29, 1.82) is 0 Å². The van der Waals surface area contributed by atoms with Crippen LogP contribution in [0.4, 0.5) is 13.2 Å². The van der Waals surface area contributed by atoms with Crippen molar-refractivity contribution in [2.75, 3.05) is 0 Å². The van der Waals surface area contributed by atoms with Gasteiger partial charge in [0.15, 0.2) is 0 Å². The van der Waals surface area contributed by atoms with Gasteiger partial charge in [-0.2, -0.15) is 13.2 Å². The van der Waals surface area contributed by atoms with Crippen LogP contribution in [0.3, 0.4) is 0 Å². The Labute approximate surface area is 101 Å². The second kappa shape index (κ2) is 4.49. The Bertz CT molecular complexity index is 516. The van der Waals surface area contributed by atoms with Gasteiger partial charge in [0.1, 0.15) is 5.01 Å². The Morgan fingerprint density at radius 1 is 1.29 bits per heavy atom. The van der Waals surface area contributed by atoms with Crippen LogP contribution < -0.4 is 0 Å². The number of nitrogens with zero attached hydrogens (tertiary/aromatic N) is 1. The molecule has 1 aromatic heterocycles. The van der Waals surface area contributed by atoms with Crippen LogP contribution in [0.1, 0.15) is 18.2 Å². The molecule has 90 valence electrons. The van der Waals surface area contributed by atoms with Crippen molar-refractivity contribution < 1.29 is 13.2 Å². The third-order valence-corrected chi connectivity index (χ3v) is 3.29. The molecule has 0 N–H and O–H groups in total. The molecule has 5 heteroatoms. The van der Waals surface area contributed by atoms with Crippen LogP contribution in [0, 0.1) is 0 Å². The molecule has 0 fully saturated rings. The summed E-state index contributed by atoms with van der Waals surface area (Å²) in [5.74, 6) is 0. The summed E-state index contributed by atoms with van der Waals surface area (Å²) in [6, 6.07) is 5.26. The molecule has 0 saturated heterocycles. The Morgan fingerprint density at radius 3 is 2.65 bits per heavy atom. The quantitative estimate of drug-likeness (QED) is 0.777. The fourth-order valence-electron chi connectivity index (χ4n) is 1.43. The maximum atomic E-state index is 12.5. The van der Waals surface area contributed by atoms with E-state index in [9.17, 15) is 13.2 Å². The van der Waals surface area contributed by atoms with E-state index >= 15 is 0 Å². The first-order valence-corrected chi connectivity index (χ1v) is 6.00. The molecule has 0 spiro atoms. The Balaban J connectivity index is 2.39. The number of thiazole rings is 1.